The van der Waals surface area contributed by atoms with Crippen molar-refractivity contribution in [1.82, 2.24) is 10.3 Å². The van der Waals surface area contributed by atoms with Crippen molar-refractivity contribution in [1.29, 1.82) is 0 Å². The number of carbonyl (C=O) groups excluding carboxylic acids is 2. The number of rotatable bonds is 9. The number of nitrogens with one attached hydrogen (secondary N) is 3. The molecule has 4 aromatic rings. The molecule has 2 amide bonds. The molecule has 0 aliphatic rings. The average Bonchev–Trinajstić information content (AvgIpc) is 3.37. The first-order chi connectivity index (χ1) is 17.3. The maximum Gasteiger partial charge on any atom is 0.263 e. The van der Waals surface area contributed by atoms with E-state index in [4.69, 9.17) is 11.6 Å². The summed E-state index contributed by atoms with van der Waals surface area (Å²) in [7, 11) is -3.80. The third-order valence-electron chi connectivity index (χ3n) is 5.12. The standard InChI is InChI=1S/C25H21ClN4O4S2/c26-21-9-5-4-8-20(21)24(32)29-22(17-6-2-1-3-7-17)16-23(31)28-18-10-12-19(13-11-18)36(33,34)30-25-27-14-15-35-25/h1-15,22H,16H2,(H,27,30)(H,28,31)(H,29,32)/t22-/m0/s1. The summed E-state index contributed by atoms with van der Waals surface area (Å²) in [5, 5.41) is 7.87. The summed E-state index contributed by atoms with van der Waals surface area (Å²) in [6, 6.07) is 20.9. The third-order valence-corrected chi connectivity index (χ3v) is 7.62. The van der Waals surface area contributed by atoms with Gasteiger partial charge >= 0.3 is 0 Å². The first kappa shape index (κ1) is 25.4. The Morgan fingerprint density at radius 2 is 1.64 bits per heavy atom. The van der Waals surface area contributed by atoms with Gasteiger partial charge in [0.1, 0.15) is 0 Å². The highest BCUT2D eigenvalue weighted by atomic mass is 35.5. The van der Waals surface area contributed by atoms with Crippen LogP contribution in [0.5, 0.6) is 0 Å². The van der Waals surface area contributed by atoms with Crippen molar-refractivity contribution in [3.05, 3.63) is 107 Å². The highest BCUT2D eigenvalue weighted by Gasteiger charge is 2.21. The van der Waals surface area contributed by atoms with Crippen LogP contribution in [0.15, 0.2) is 95.3 Å². The first-order valence-corrected chi connectivity index (χ1v) is 13.5. The molecule has 0 bridgehead atoms. The van der Waals surface area contributed by atoms with Crippen LogP contribution < -0.4 is 15.4 Å². The lowest BCUT2D eigenvalue weighted by molar-refractivity contribution is -0.116. The van der Waals surface area contributed by atoms with Crippen molar-refractivity contribution in [3.8, 4) is 0 Å². The van der Waals surface area contributed by atoms with Gasteiger partial charge in [0.25, 0.3) is 15.9 Å². The van der Waals surface area contributed by atoms with Crippen LogP contribution in [0.1, 0.15) is 28.4 Å². The summed E-state index contributed by atoms with van der Waals surface area (Å²) < 4.78 is 27.4. The minimum Gasteiger partial charge on any atom is -0.345 e. The normalized spacial score (nSPS) is 11.9. The first-order valence-electron chi connectivity index (χ1n) is 10.7. The summed E-state index contributed by atoms with van der Waals surface area (Å²) in [6.45, 7) is 0. The maximum atomic E-state index is 12.8. The van der Waals surface area contributed by atoms with Gasteiger partial charge in [-0.2, -0.15) is 0 Å². The van der Waals surface area contributed by atoms with Crippen LogP contribution in [0.25, 0.3) is 0 Å². The molecule has 0 spiro atoms. The quantitative estimate of drug-likeness (QED) is 0.273. The second kappa shape index (κ2) is 11.3. The molecule has 184 valence electrons. The monoisotopic (exact) mass is 540 g/mol. The zero-order valence-corrected chi connectivity index (χ0v) is 21.1. The van der Waals surface area contributed by atoms with Gasteiger partial charge in [0.05, 0.1) is 27.9 Å². The minimum absolute atomic E-state index is 0.0323. The van der Waals surface area contributed by atoms with E-state index in [-0.39, 0.29) is 22.4 Å². The average molecular weight is 541 g/mol. The Hall–Kier alpha value is -3.73. The molecule has 1 atom stereocenters. The zero-order chi connectivity index (χ0) is 25.5. The Morgan fingerprint density at radius 3 is 2.31 bits per heavy atom. The van der Waals surface area contributed by atoms with Gasteiger partial charge in [-0.3, -0.25) is 14.3 Å². The van der Waals surface area contributed by atoms with Gasteiger partial charge in [0, 0.05) is 17.3 Å². The minimum atomic E-state index is -3.80. The van der Waals surface area contributed by atoms with Crippen molar-refractivity contribution < 1.29 is 18.0 Å². The van der Waals surface area contributed by atoms with Crippen molar-refractivity contribution in [2.24, 2.45) is 0 Å². The summed E-state index contributed by atoms with van der Waals surface area (Å²) in [4.78, 5) is 29.6. The molecular formula is C25H21ClN4O4S2. The SMILES string of the molecule is O=C(C[C@H](NC(=O)c1ccccc1Cl)c1ccccc1)Nc1ccc(S(=O)(=O)Nc2nccs2)cc1. The van der Waals surface area contributed by atoms with Crippen LogP contribution in [0.3, 0.4) is 0 Å². The fourth-order valence-electron chi connectivity index (χ4n) is 3.38. The van der Waals surface area contributed by atoms with Gasteiger partial charge in [0.2, 0.25) is 5.91 Å². The predicted octanol–water partition coefficient (Wildman–Crippen LogP) is 5.10. The molecule has 0 aliphatic carbocycles. The largest absolute Gasteiger partial charge is 0.345 e. The second-order valence-corrected chi connectivity index (χ2v) is 10.6. The summed E-state index contributed by atoms with van der Waals surface area (Å²) >= 11 is 7.32. The number of amides is 2. The summed E-state index contributed by atoms with van der Waals surface area (Å²) in [5.74, 6) is -0.760. The molecule has 1 heterocycles. The number of carbonyl (C=O) groups is 2. The molecule has 0 aliphatic heterocycles. The lowest BCUT2D eigenvalue weighted by Crippen LogP contribution is -2.31. The molecule has 0 radical (unpaired) electrons. The van der Waals surface area contributed by atoms with Crippen LogP contribution in [0, 0.1) is 0 Å². The van der Waals surface area contributed by atoms with E-state index in [0.717, 1.165) is 5.56 Å². The van der Waals surface area contributed by atoms with E-state index in [1.807, 2.05) is 30.3 Å². The topological polar surface area (TPSA) is 117 Å². The van der Waals surface area contributed by atoms with Crippen LogP contribution in [-0.4, -0.2) is 25.2 Å². The Labute approximate surface area is 217 Å². The van der Waals surface area contributed by atoms with Crippen molar-refractivity contribution >= 4 is 55.6 Å². The molecule has 11 heteroatoms. The van der Waals surface area contributed by atoms with Crippen molar-refractivity contribution in [3.63, 3.8) is 0 Å². The Kier molecular flexibility index (Phi) is 7.99. The van der Waals surface area contributed by atoms with Gasteiger partial charge < -0.3 is 10.6 Å². The number of benzene rings is 3. The van der Waals surface area contributed by atoms with Crippen molar-refractivity contribution in [2.45, 2.75) is 17.4 Å². The summed E-state index contributed by atoms with van der Waals surface area (Å²) in [5.41, 5.74) is 1.48. The molecule has 0 fully saturated rings. The van der Waals surface area contributed by atoms with Gasteiger partial charge in [-0.1, -0.05) is 54.1 Å². The fourth-order valence-corrected chi connectivity index (χ4v) is 5.39. The number of hydrogen-bond donors (Lipinski definition) is 3. The number of thiazole rings is 1. The summed E-state index contributed by atoms with van der Waals surface area (Å²) in [6.07, 6.45) is 1.45. The number of halogens is 1. The van der Waals surface area contributed by atoms with Gasteiger partial charge in [0.15, 0.2) is 5.13 Å². The lowest BCUT2D eigenvalue weighted by atomic mass is 10.0. The molecule has 8 nitrogen and oxygen atoms in total. The van der Waals surface area contributed by atoms with Crippen LogP contribution in [0.4, 0.5) is 10.8 Å². The number of hydrogen-bond acceptors (Lipinski definition) is 6. The predicted molar refractivity (Wildman–Crippen MR) is 141 cm³/mol. The third kappa shape index (κ3) is 6.48. The van der Waals surface area contributed by atoms with E-state index in [2.05, 4.69) is 20.3 Å². The number of sulfonamides is 1. The Bertz CT molecular complexity index is 1450. The van der Waals surface area contributed by atoms with E-state index < -0.39 is 22.0 Å². The van der Waals surface area contributed by atoms with E-state index in [1.165, 1.54) is 41.8 Å². The number of aromatic nitrogens is 1. The molecule has 4 rings (SSSR count). The lowest BCUT2D eigenvalue weighted by Gasteiger charge is -2.19. The maximum absolute atomic E-state index is 12.8. The smallest absolute Gasteiger partial charge is 0.263 e. The highest BCUT2D eigenvalue weighted by molar-refractivity contribution is 7.93. The second-order valence-electron chi connectivity index (χ2n) is 7.64. The zero-order valence-electron chi connectivity index (χ0n) is 18.7. The number of anilines is 2. The molecule has 3 N–H and O–H groups in total. The van der Waals surface area contributed by atoms with E-state index in [0.29, 0.717) is 16.3 Å². The Balaban J connectivity index is 1.44. The van der Waals surface area contributed by atoms with Gasteiger partial charge in [-0.25, -0.2) is 13.4 Å². The van der Waals surface area contributed by atoms with Crippen molar-refractivity contribution in [2.75, 3.05) is 10.0 Å². The van der Waals surface area contributed by atoms with E-state index >= 15 is 0 Å². The van der Waals surface area contributed by atoms with Crippen LogP contribution in [0.2, 0.25) is 5.02 Å². The fraction of sp³-hybridized carbons (Fsp3) is 0.0800. The molecule has 1 aromatic heterocycles. The van der Waals surface area contributed by atoms with E-state index in [1.54, 1.807) is 29.6 Å². The molecule has 3 aromatic carbocycles. The number of nitrogens with zero attached hydrogens (tertiary/aromatic N) is 1. The Morgan fingerprint density at radius 1 is 0.944 bits per heavy atom. The highest BCUT2D eigenvalue weighted by Crippen LogP contribution is 2.23. The van der Waals surface area contributed by atoms with Gasteiger partial charge in [-0.05, 0) is 42.0 Å². The molecule has 0 unspecified atom stereocenters. The molecule has 0 saturated heterocycles. The van der Waals surface area contributed by atoms with Gasteiger partial charge in [-0.15, -0.1) is 11.3 Å². The molecule has 36 heavy (non-hydrogen) atoms. The van der Waals surface area contributed by atoms with E-state index in [9.17, 15) is 18.0 Å². The van der Waals surface area contributed by atoms with Crippen LogP contribution in [-0.2, 0) is 14.8 Å². The molecular weight excluding hydrogens is 520 g/mol. The molecule has 0 saturated carbocycles. The van der Waals surface area contributed by atoms with Crippen LogP contribution >= 0.6 is 22.9 Å².